The van der Waals surface area contributed by atoms with Gasteiger partial charge >= 0.3 is 0 Å². The molecule has 2 heterocycles. The summed E-state index contributed by atoms with van der Waals surface area (Å²) < 4.78 is 0. The van der Waals surface area contributed by atoms with E-state index in [0.29, 0.717) is 24.0 Å². The number of piperidine rings is 1. The Balaban J connectivity index is 1.68. The minimum absolute atomic E-state index is 0.0854. The van der Waals surface area contributed by atoms with E-state index in [2.05, 4.69) is 27.6 Å². The molecular weight excluding hydrogens is 266 g/mol. The maximum Gasteiger partial charge on any atom is 0.252 e. The molecule has 6 nitrogen and oxygen atoms in total. The molecule has 21 heavy (non-hydrogen) atoms. The molecule has 1 aliphatic rings. The molecule has 0 spiro atoms. The Morgan fingerprint density at radius 3 is 3.00 bits per heavy atom. The zero-order chi connectivity index (χ0) is 15.1. The molecule has 0 aliphatic carbocycles. The lowest BCUT2D eigenvalue weighted by molar-refractivity contribution is 0.0948. The van der Waals surface area contributed by atoms with Gasteiger partial charge in [0, 0.05) is 25.3 Å². The van der Waals surface area contributed by atoms with E-state index in [4.69, 9.17) is 5.84 Å². The maximum atomic E-state index is 11.9. The number of nitrogens with one attached hydrogen (secondary N) is 2. The summed E-state index contributed by atoms with van der Waals surface area (Å²) in [6.07, 6.45) is 6.43. The third-order valence-corrected chi connectivity index (χ3v) is 4.02. The van der Waals surface area contributed by atoms with Crippen LogP contribution in [0.2, 0.25) is 0 Å². The quantitative estimate of drug-likeness (QED) is 0.419. The van der Waals surface area contributed by atoms with Crippen molar-refractivity contribution in [2.75, 3.05) is 25.1 Å². The summed E-state index contributed by atoms with van der Waals surface area (Å²) in [5.41, 5.74) is 2.99. The minimum Gasteiger partial charge on any atom is -0.352 e. The number of nitrogen functional groups attached to an aromatic ring is 1. The number of hydrogen-bond donors (Lipinski definition) is 3. The number of aromatic nitrogens is 1. The summed E-state index contributed by atoms with van der Waals surface area (Å²) in [4.78, 5) is 18.5. The van der Waals surface area contributed by atoms with Crippen molar-refractivity contribution < 1.29 is 4.79 Å². The Labute approximate surface area is 126 Å². The second kappa shape index (κ2) is 7.95. The molecule has 1 aromatic heterocycles. The van der Waals surface area contributed by atoms with Crippen LogP contribution in [0.25, 0.3) is 0 Å². The molecule has 0 aromatic carbocycles. The minimum atomic E-state index is -0.0854. The lowest BCUT2D eigenvalue weighted by atomic mass is 10.0. The van der Waals surface area contributed by atoms with Gasteiger partial charge in [-0.1, -0.05) is 6.42 Å². The first-order valence-corrected chi connectivity index (χ1v) is 7.65. The van der Waals surface area contributed by atoms with Crippen molar-refractivity contribution >= 4 is 11.7 Å². The lowest BCUT2D eigenvalue weighted by Gasteiger charge is -2.33. The summed E-state index contributed by atoms with van der Waals surface area (Å²) in [5.74, 6) is 5.70. The number of hydrazine groups is 1. The number of pyridine rings is 1. The van der Waals surface area contributed by atoms with Crippen LogP contribution in [0.1, 0.15) is 43.0 Å². The first-order valence-electron chi connectivity index (χ1n) is 7.65. The summed E-state index contributed by atoms with van der Waals surface area (Å²) >= 11 is 0. The second-order valence-electron chi connectivity index (χ2n) is 5.57. The SMILES string of the molecule is CC1CCCCN1CCCNC(=O)c1ccc(NN)nc1. The fourth-order valence-corrected chi connectivity index (χ4v) is 2.69. The number of hydrogen-bond acceptors (Lipinski definition) is 5. The summed E-state index contributed by atoms with van der Waals surface area (Å²) in [7, 11) is 0. The Bertz CT molecular complexity index is 448. The second-order valence-corrected chi connectivity index (χ2v) is 5.57. The van der Waals surface area contributed by atoms with Gasteiger partial charge in [-0.3, -0.25) is 4.79 Å². The van der Waals surface area contributed by atoms with Crippen molar-refractivity contribution in [3.63, 3.8) is 0 Å². The summed E-state index contributed by atoms with van der Waals surface area (Å²) in [6.45, 7) is 5.22. The lowest BCUT2D eigenvalue weighted by Crippen LogP contribution is -2.39. The van der Waals surface area contributed by atoms with Crippen molar-refractivity contribution in [3.05, 3.63) is 23.9 Å². The monoisotopic (exact) mass is 291 g/mol. The van der Waals surface area contributed by atoms with E-state index in [9.17, 15) is 4.79 Å². The van der Waals surface area contributed by atoms with Gasteiger partial charge in [0.25, 0.3) is 5.91 Å². The highest BCUT2D eigenvalue weighted by molar-refractivity contribution is 5.93. The van der Waals surface area contributed by atoms with E-state index in [0.717, 1.165) is 13.0 Å². The summed E-state index contributed by atoms with van der Waals surface area (Å²) in [5, 5.41) is 2.93. The Hall–Kier alpha value is -1.66. The van der Waals surface area contributed by atoms with Crippen molar-refractivity contribution in [3.8, 4) is 0 Å². The van der Waals surface area contributed by atoms with E-state index in [1.807, 2.05) is 0 Å². The molecule has 1 amide bonds. The van der Waals surface area contributed by atoms with Crippen LogP contribution >= 0.6 is 0 Å². The van der Waals surface area contributed by atoms with Crippen LogP contribution in [-0.4, -0.2) is 41.5 Å². The largest absolute Gasteiger partial charge is 0.352 e. The summed E-state index contributed by atoms with van der Waals surface area (Å²) in [6, 6.07) is 4.07. The topological polar surface area (TPSA) is 83.3 Å². The Morgan fingerprint density at radius 1 is 1.48 bits per heavy atom. The fraction of sp³-hybridized carbons (Fsp3) is 0.600. The highest BCUT2D eigenvalue weighted by Gasteiger charge is 2.17. The van der Waals surface area contributed by atoms with Gasteiger partial charge in [0.2, 0.25) is 0 Å². The zero-order valence-electron chi connectivity index (χ0n) is 12.6. The van der Waals surface area contributed by atoms with Gasteiger partial charge in [-0.2, -0.15) is 0 Å². The number of nitrogens with two attached hydrogens (primary N) is 1. The predicted octanol–water partition coefficient (Wildman–Crippen LogP) is 1.36. The molecule has 1 atom stereocenters. The van der Waals surface area contributed by atoms with E-state index >= 15 is 0 Å². The molecule has 116 valence electrons. The van der Waals surface area contributed by atoms with Crippen molar-refractivity contribution in [2.45, 2.75) is 38.6 Å². The van der Waals surface area contributed by atoms with Gasteiger partial charge in [-0.25, -0.2) is 10.8 Å². The van der Waals surface area contributed by atoms with Gasteiger partial charge in [0.15, 0.2) is 0 Å². The van der Waals surface area contributed by atoms with Crippen LogP contribution in [0.15, 0.2) is 18.3 Å². The van der Waals surface area contributed by atoms with Gasteiger partial charge in [-0.05, 0) is 44.9 Å². The van der Waals surface area contributed by atoms with Crippen LogP contribution < -0.4 is 16.6 Å². The average Bonchev–Trinajstić information content (AvgIpc) is 2.53. The third kappa shape index (κ3) is 4.68. The third-order valence-electron chi connectivity index (χ3n) is 4.02. The first-order chi connectivity index (χ1) is 10.2. The first kappa shape index (κ1) is 15.7. The highest BCUT2D eigenvalue weighted by atomic mass is 16.1. The average molecular weight is 291 g/mol. The van der Waals surface area contributed by atoms with Crippen molar-refractivity contribution in [1.29, 1.82) is 0 Å². The molecule has 1 aromatic rings. The molecule has 0 saturated carbocycles. The maximum absolute atomic E-state index is 11.9. The van der Waals surface area contributed by atoms with Crippen LogP contribution in [0.3, 0.4) is 0 Å². The van der Waals surface area contributed by atoms with Gasteiger partial charge < -0.3 is 15.6 Å². The Kier molecular flexibility index (Phi) is 5.95. The van der Waals surface area contributed by atoms with Gasteiger partial charge in [0.1, 0.15) is 5.82 Å². The smallest absolute Gasteiger partial charge is 0.252 e. The number of carbonyl (C=O) groups is 1. The molecule has 1 unspecified atom stereocenters. The van der Waals surface area contributed by atoms with Gasteiger partial charge in [0.05, 0.1) is 5.56 Å². The molecule has 2 rings (SSSR count). The van der Waals surface area contributed by atoms with E-state index < -0.39 is 0 Å². The van der Waals surface area contributed by atoms with E-state index in [1.54, 1.807) is 12.1 Å². The number of likely N-dealkylation sites (tertiary alicyclic amines) is 1. The molecule has 0 radical (unpaired) electrons. The standard InChI is InChI=1S/C15H25N5O/c1-12-5-2-3-9-20(12)10-4-8-17-15(21)13-6-7-14(19-16)18-11-13/h6-7,11-12H,2-5,8-10,16H2,1H3,(H,17,21)(H,18,19). The van der Waals surface area contributed by atoms with Crippen LogP contribution in [0.5, 0.6) is 0 Å². The van der Waals surface area contributed by atoms with Crippen LogP contribution in [-0.2, 0) is 0 Å². The zero-order valence-corrected chi connectivity index (χ0v) is 12.6. The normalized spacial score (nSPS) is 19.2. The van der Waals surface area contributed by atoms with Crippen molar-refractivity contribution in [2.24, 2.45) is 5.84 Å². The molecule has 4 N–H and O–H groups in total. The molecule has 0 bridgehead atoms. The number of anilines is 1. The van der Waals surface area contributed by atoms with Crippen LogP contribution in [0.4, 0.5) is 5.82 Å². The van der Waals surface area contributed by atoms with Gasteiger partial charge in [-0.15, -0.1) is 0 Å². The van der Waals surface area contributed by atoms with Crippen molar-refractivity contribution in [1.82, 2.24) is 15.2 Å². The van der Waals surface area contributed by atoms with Crippen LogP contribution in [0, 0.1) is 0 Å². The molecular formula is C15H25N5O. The fourth-order valence-electron chi connectivity index (χ4n) is 2.69. The number of amides is 1. The number of nitrogens with zero attached hydrogens (tertiary/aromatic N) is 2. The molecule has 1 aliphatic heterocycles. The Morgan fingerprint density at radius 2 is 2.33 bits per heavy atom. The highest BCUT2D eigenvalue weighted by Crippen LogP contribution is 2.16. The predicted molar refractivity (Wildman–Crippen MR) is 83.9 cm³/mol. The van der Waals surface area contributed by atoms with E-state index in [1.165, 1.54) is 32.0 Å². The number of rotatable bonds is 6. The molecule has 1 saturated heterocycles. The van der Waals surface area contributed by atoms with E-state index in [-0.39, 0.29) is 5.91 Å². The number of carbonyl (C=O) groups excluding carboxylic acids is 1. The molecule has 1 fully saturated rings. The molecule has 6 heteroatoms.